The minimum atomic E-state index is -0.0534. The molecule has 0 heteroatoms. The van der Waals surface area contributed by atoms with Crippen LogP contribution in [0.4, 0.5) is 0 Å². The fraction of sp³-hybridized carbons (Fsp3) is 0.0588. The van der Waals surface area contributed by atoms with Crippen molar-refractivity contribution in [2.45, 2.75) is 19.3 Å². The lowest BCUT2D eigenvalue weighted by Gasteiger charge is -2.22. The average molecular weight is 649 g/mol. The van der Waals surface area contributed by atoms with Gasteiger partial charge in [0.2, 0.25) is 0 Å². The van der Waals surface area contributed by atoms with Gasteiger partial charge in [0, 0.05) is 5.41 Å². The third-order valence-electron chi connectivity index (χ3n) is 11.3. The zero-order valence-electron chi connectivity index (χ0n) is 28.8. The van der Waals surface area contributed by atoms with E-state index in [2.05, 4.69) is 196 Å². The van der Waals surface area contributed by atoms with E-state index >= 15 is 0 Å². The Morgan fingerprint density at radius 3 is 1.65 bits per heavy atom. The van der Waals surface area contributed by atoms with Gasteiger partial charge >= 0.3 is 0 Å². The Bertz CT molecular complexity index is 2790. The second-order valence-corrected chi connectivity index (χ2v) is 14.5. The van der Waals surface area contributed by atoms with Crippen molar-refractivity contribution in [1.82, 2.24) is 0 Å². The first-order valence-corrected chi connectivity index (χ1v) is 17.9. The molecule has 0 radical (unpaired) electrons. The fourth-order valence-electron chi connectivity index (χ4n) is 8.75. The van der Waals surface area contributed by atoms with E-state index in [1.807, 2.05) is 0 Å². The summed E-state index contributed by atoms with van der Waals surface area (Å²) < 4.78 is 0. The quantitative estimate of drug-likeness (QED) is 0.167. The number of hydrogen-bond acceptors (Lipinski definition) is 0. The molecule has 10 rings (SSSR count). The van der Waals surface area contributed by atoms with Crippen molar-refractivity contribution in [1.29, 1.82) is 0 Å². The predicted octanol–water partition coefficient (Wildman–Crippen LogP) is 14.1. The highest BCUT2D eigenvalue weighted by Gasteiger charge is 2.35. The molecule has 9 aromatic rings. The molecule has 9 aromatic carbocycles. The molecule has 0 heterocycles. The zero-order valence-corrected chi connectivity index (χ0v) is 28.8. The highest BCUT2D eigenvalue weighted by atomic mass is 14.4. The van der Waals surface area contributed by atoms with E-state index in [1.165, 1.54) is 99.1 Å². The van der Waals surface area contributed by atoms with Gasteiger partial charge in [0.25, 0.3) is 0 Å². The monoisotopic (exact) mass is 648 g/mol. The summed E-state index contributed by atoms with van der Waals surface area (Å²) in [6.07, 6.45) is 0. The van der Waals surface area contributed by atoms with Crippen molar-refractivity contribution >= 4 is 32.3 Å². The van der Waals surface area contributed by atoms with Crippen molar-refractivity contribution in [3.05, 3.63) is 193 Å². The third kappa shape index (κ3) is 4.60. The van der Waals surface area contributed by atoms with E-state index in [4.69, 9.17) is 0 Å². The summed E-state index contributed by atoms with van der Waals surface area (Å²) in [6.45, 7) is 4.73. The Labute approximate surface area is 299 Å². The van der Waals surface area contributed by atoms with E-state index in [9.17, 15) is 0 Å². The van der Waals surface area contributed by atoms with Crippen LogP contribution in [0, 0.1) is 0 Å². The van der Waals surface area contributed by atoms with E-state index < -0.39 is 0 Å². The number of hydrogen-bond donors (Lipinski definition) is 0. The summed E-state index contributed by atoms with van der Waals surface area (Å²) in [5, 5.41) is 7.60. The summed E-state index contributed by atoms with van der Waals surface area (Å²) >= 11 is 0. The average Bonchev–Trinajstić information content (AvgIpc) is 3.42. The number of benzene rings is 9. The molecule has 51 heavy (non-hydrogen) atoms. The van der Waals surface area contributed by atoms with E-state index in [1.54, 1.807) is 0 Å². The normalized spacial score (nSPS) is 13.1. The van der Waals surface area contributed by atoms with Gasteiger partial charge in [0.05, 0.1) is 0 Å². The van der Waals surface area contributed by atoms with Crippen molar-refractivity contribution in [2.24, 2.45) is 0 Å². The molecule has 0 fully saturated rings. The molecule has 1 aliphatic carbocycles. The highest BCUT2D eigenvalue weighted by molar-refractivity contribution is 6.24. The van der Waals surface area contributed by atoms with Gasteiger partial charge < -0.3 is 0 Å². The Hall–Kier alpha value is -6.24. The van der Waals surface area contributed by atoms with Crippen molar-refractivity contribution in [2.75, 3.05) is 0 Å². The van der Waals surface area contributed by atoms with Gasteiger partial charge in [0.15, 0.2) is 0 Å². The Kier molecular flexibility index (Phi) is 6.63. The lowest BCUT2D eigenvalue weighted by molar-refractivity contribution is 0.660. The first-order valence-electron chi connectivity index (χ1n) is 17.9. The maximum Gasteiger partial charge on any atom is 0.0159 e. The molecule has 0 N–H and O–H groups in total. The van der Waals surface area contributed by atoms with Gasteiger partial charge in [-0.25, -0.2) is 0 Å². The number of rotatable bonds is 4. The predicted molar refractivity (Wildman–Crippen MR) is 218 cm³/mol. The van der Waals surface area contributed by atoms with Crippen LogP contribution in [0.15, 0.2) is 182 Å². The summed E-state index contributed by atoms with van der Waals surface area (Å²) in [4.78, 5) is 0. The van der Waals surface area contributed by atoms with Gasteiger partial charge in [0.1, 0.15) is 0 Å². The number of fused-ring (bicyclic) bond motifs is 6. The van der Waals surface area contributed by atoms with Crippen LogP contribution in [0.3, 0.4) is 0 Å². The lowest BCUT2D eigenvalue weighted by atomic mass is 9.81. The fourth-order valence-corrected chi connectivity index (χ4v) is 8.75. The van der Waals surface area contributed by atoms with Gasteiger partial charge in [-0.3, -0.25) is 0 Å². The van der Waals surface area contributed by atoms with E-state index in [-0.39, 0.29) is 5.41 Å². The molecule has 0 aromatic heterocycles. The second-order valence-electron chi connectivity index (χ2n) is 14.5. The van der Waals surface area contributed by atoms with Crippen LogP contribution in [0.1, 0.15) is 25.0 Å². The summed E-state index contributed by atoms with van der Waals surface area (Å²) in [7, 11) is 0. The van der Waals surface area contributed by atoms with Crippen LogP contribution in [0.2, 0.25) is 0 Å². The molecule has 0 atom stereocenters. The topological polar surface area (TPSA) is 0 Å². The van der Waals surface area contributed by atoms with Gasteiger partial charge in [-0.2, -0.15) is 0 Å². The highest BCUT2D eigenvalue weighted by Crippen LogP contribution is 2.50. The van der Waals surface area contributed by atoms with Crippen molar-refractivity contribution < 1.29 is 0 Å². The summed E-state index contributed by atoms with van der Waals surface area (Å²) in [6, 6.07) is 67.5. The molecule has 0 saturated heterocycles. The van der Waals surface area contributed by atoms with Crippen molar-refractivity contribution in [3.63, 3.8) is 0 Å². The Morgan fingerprint density at radius 1 is 0.294 bits per heavy atom. The van der Waals surface area contributed by atoms with Crippen LogP contribution in [-0.4, -0.2) is 0 Å². The molecule has 0 spiro atoms. The maximum absolute atomic E-state index is 2.45. The standard InChI is InChI=1S/C51H36/c1-51(2)47-22-11-10-18-40(47)41-29-27-38(32-48(41)51)37-28-30-45-46(31-37)49(36-25-23-34(24-26-36)33-13-4-3-5-14-33)43-19-8-9-20-44(43)50(45)42-21-12-16-35-15-6-7-17-39(35)42/h3-32H,1-2H3. The summed E-state index contributed by atoms with van der Waals surface area (Å²) in [5.41, 5.74) is 15.5. The van der Waals surface area contributed by atoms with Gasteiger partial charge in [-0.05, 0) is 111 Å². The summed E-state index contributed by atoms with van der Waals surface area (Å²) in [5.74, 6) is 0. The van der Waals surface area contributed by atoms with Crippen LogP contribution in [0.5, 0.6) is 0 Å². The maximum atomic E-state index is 2.45. The Balaban J connectivity index is 1.25. The van der Waals surface area contributed by atoms with Gasteiger partial charge in [-0.1, -0.05) is 184 Å². The van der Waals surface area contributed by atoms with Crippen LogP contribution in [-0.2, 0) is 5.41 Å². The second kappa shape index (κ2) is 11.4. The smallest absolute Gasteiger partial charge is 0.0159 e. The van der Waals surface area contributed by atoms with Crippen LogP contribution < -0.4 is 0 Å². The SMILES string of the molecule is CC1(C)c2ccccc2-c2ccc(-c3ccc4c(-c5cccc6ccccc56)c5ccccc5c(-c5ccc(-c6ccccc6)cc5)c4c3)cc21. The molecular weight excluding hydrogens is 613 g/mol. The van der Waals surface area contributed by atoms with E-state index in [0.717, 1.165) is 0 Å². The van der Waals surface area contributed by atoms with Gasteiger partial charge in [-0.15, -0.1) is 0 Å². The molecular formula is C51H36. The Morgan fingerprint density at radius 2 is 0.824 bits per heavy atom. The van der Waals surface area contributed by atoms with Crippen LogP contribution in [0.25, 0.3) is 88.0 Å². The zero-order chi connectivity index (χ0) is 34.1. The minimum absolute atomic E-state index is 0.0534. The largest absolute Gasteiger partial charge is 0.0622 e. The molecule has 240 valence electrons. The molecule has 1 aliphatic rings. The van der Waals surface area contributed by atoms with Crippen molar-refractivity contribution in [3.8, 4) is 55.6 Å². The molecule has 0 aliphatic heterocycles. The molecule has 0 amide bonds. The minimum Gasteiger partial charge on any atom is -0.0622 e. The van der Waals surface area contributed by atoms with Crippen LogP contribution >= 0.6 is 0 Å². The third-order valence-corrected chi connectivity index (χ3v) is 11.3. The molecule has 0 bridgehead atoms. The molecule has 0 nitrogen and oxygen atoms in total. The first kappa shape index (κ1) is 29.7. The first-order chi connectivity index (χ1) is 25.1. The molecule has 0 saturated carbocycles. The molecule has 0 unspecified atom stereocenters. The lowest BCUT2D eigenvalue weighted by Crippen LogP contribution is -2.14. The van der Waals surface area contributed by atoms with E-state index in [0.29, 0.717) is 0 Å².